The summed E-state index contributed by atoms with van der Waals surface area (Å²) in [5.41, 5.74) is 0. The van der Waals surface area contributed by atoms with Crippen LogP contribution in [0.1, 0.15) is 19.3 Å². The Morgan fingerprint density at radius 3 is 2.88 bits per heavy atom. The highest BCUT2D eigenvalue weighted by atomic mass is 32.2. The fourth-order valence-corrected chi connectivity index (χ4v) is 2.85. The highest BCUT2D eigenvalue weighted by Crippen LogP contribution is 2.31. The van der Waals surface area contributed by atoms with Gasteiger partial charge in [-0.15, -0.1) is 10.2 Å². The number of carbonyl (C=O) groups is 2. The minimum Gasteiger partial charge on any atom is -0.481 e. The molecule has 2 rings (SSSR count). The summed E-state index contributed by atoms with van der Waals surface area (Å²) in [5.74, 6) is -0.227. The van der Waals surface area contributed by atoms with E-state index in [1.165, 1.54) is 23.1 Å². The SMILES string of the molecule is O=C(O)CCSc1nnc(NC(=O)C2CC2)s1. The maximum Gasteiger partial charge on any atom is 0.304 e. The quantitative estimate of drug-likeness (QED) is 0.602. The molecule has 8 heteroatoms. The van der Waals surface area contributed by atoms with Gasteiger partial charge < -0.3 is 10.4 Å². The van der Waals surface area contributed by atoms with E-state index in [1.807, 2.05) is 0 Å². The molecule has 0 unspecified atom stereocenters. The molecular weight excluding hydrogens is 262 g/mol. The van der Waals surface area contributed by atoms with Crippen molar-refractivity contribution in [3.05, 3.63) is 0 Å². The van der Waals surface area contributed by atoms with Crippen molar-refractivity contribution in [2.45, 2.75) is 23.6 Å². The molecule has 1 heterocycles. The second-order valence-electron chi connectivity index (χ2n) is 3.63. The zero-order valence-corrected chi connectivity index (χ0v) is 10.5. The van der Waals surface area contributed by atoms with E-state index in [0.29, 0.717) is 15.2 Å². The van der Waals surface area contributed by atoms with Crippen LogP contribution in [0.15, 0.2) is 4.34 Å². The summed E-state index contributed by atoms with van der Waals surface area (Å²) in [6, 6.07) is 0. The minimum atomic E-state index is -0.829. The van der Waals surface area contributed by atoms with E-state index in [1.54, 1.807) is 0 Å². The van der Waals surface area contributed by atoms with Gasteiger partial charge in [-0.3, -0.25) is 9.59 Å². The van der Waals surface area contributed by atoms with Crippen molar-refractivity contribution in [3.8, 4) is 0 Å². The molecule has 0 saturated heterocycles. The Hall–Kier alpha value is -1.15. The molecule has 0 radical (unpaired) electrons. The van der Waals surface area contributed by atoms with Crippen LogP contribution in [0.5, 0.6) is 0 Å². The molecule has 0 aliphatic heterocycles. The van der Waals surface area contributed by atoms with E-state index >= 15 is 0 Å². The van der Waals surface area contributed by atoms with E-state index in [2.05, 4.69) is 15.5 Å². The van der Waals surface area contributed by atoms with Crippen LogP contribution in [0.3, 0.4) is 0 Å². The number of amides is 1. The lowest BCUT2D eigenvalue weighted by Crippen LogP contribution is -2.12. The number of hydrogen-bond acceptors (Lipinski definition) is 6. The number of carboxylic acids is 1. The Bertz CT molecular complexity index is 431. The number of rotatable bonds is 6. The van der Waals surface area contributed by atoms with Gasteiger partial charge in [-0.25, -0.2) is 0 Å². The highest BCUT2D eigenvalue weighted by molar-refractivity contribution is 8.01. The number of aromatic nitrogens is 2. The van der Waals surface area contributed by atoms with Crippen LogP contribution in [-0.2, 0) is 9.59 Å². The monoisotopic (exact) mass is 273 g/mol. The summed E-state index contributed by atoms with van der Waals surface area (Å²) < 4.78 is 0.678. The summed E-state index contributed by atoms with van der Waals surface area (Å²) >= 11 is 2.61. The van der Waals surface area contributed by atoms with Gasteiger partial charge in [0.25, 0.3) is 0 Å². The molecule has 1 aromatic rings. The van der Waals surface area contributed by atoms with Gasteiger partial charge in [-0.05, 0) is 12.8 Å². The van der Waals surface area contributed by atoms with E-state index in [4.69, 9.17) is 5.11 Å². The number of carbonyl (C=O) groups excluding carboxylic acids is 1. The Morgan fingerprint density at radius 1 is 1.47 bits per heavy atom. The van der Waals surface area contributed by atoms with Crippen molar-refractivity contribution in [1.29, 1.82) is 0 Å². The first-order valence-electron chi connectivity index (χ1n) is 5.14. The highest BCUT2D eigenvalue weighted by Gasteiger charge is 2.30. The summed E-state index contributed by atoms with van der Waals surface area (Å²) in [6.45, 7) is 0. The van der Waals surface area contributed by atoms with Gasteiger partial charge in [-0.1, -0.05) is 23.1 Å². The number of thioether (sulfide) groups is 1. The predicted molar refractivity (Wildman–Crippen MR) is 64.2 cm³/mol. The number of aliphatic carboxylic acids is 1. The average molecular weight is 273 g/mol. The molecule has 1 aromatic heterocycles. The summed E-state index contributed by atoms with van der Waals surface area (Å²) in [5, 5.41) is 19.4. The van der Waals surface area contributed by atoms with Crippen molar-refractivity contribution >= 4 is 40.1 Å². The maximum atomic E-state index is 11.4. The lowest BCUT2D eigenvalue weighted by atomic mass is 10.4. The molecule has 0 atom stereocenters. The minimum absolute atomic E-state index is 0.00300. The summed E-state index contributed by atoms with van der Waals surface area (Å²) in [4.78, 5) is 21.7. The maximum absolute atomic E-state index is 11.4. The first kappa shape index (κ1) is 12.3. The first-order chi connectivity index (χ1) is 8.15. The third kappa shape index (κ3) is 3.97. The standard InChI is InChI=1S/C9H11N3O3S2/c13-6(14)3-4-16-9-12-11-8(17-9)10-7(15)5-1-2-5/h5H,1-4H2,(H,13,14)(H,10,11,15). The van der Waals surface area contributed by atoms with Crippen LogP contribution < -0.4 is 5.32 Å². The topological polar surface area (TPSA) is 92.2 Å². The van der Waals surface area contributed by atoms with Gasteiger partial charge in [0, 0.05) is 11.7 Å². The summed E-state index contributed by atoms with van der Waals surface area (Å²) in [6.07, 6.45) is 1.99. The lowest BCUT2D eigenvalue weighted by Gasteiger charge is -1.96. The van der Waals surface area contributed by atoms with Gasteiger partial charge in [0.15, 0.2) is 4.34 Å². The Balaban J connectivity index is 1.78. The second-order valence-corrected chi connectivity index (χ2v) is 5.95. The smallest absolute Gasteiger partial charge is 0.304 e. The molecule has 0 bridgehead atoms. The Kier molecular flexibility index (Phi) is 3.95. The van der Waals surface area contributed by atoms with Crippen molar-refractivity contribution in [2.75, 3.05) is 11.1 Å². The fourth-order valence-electron chi connectivity index (χ4n) is 1.10. The molecule has 1 amide bonds. The van der Waals surface area contributed by atoms with Crippen molar-refractivity contribution in [2.24, 2.45) is 5.92 Å². The van der Waals surface area contributed by atoms with Crippen molar-refractivity contribution < 1.29 is 14.7 Å². The lowest BCUT2D eigenvalue weighted by molar-refractivity contribution is -0.136. The van der Waals surface area contributed by atoms with Gasteiger partial charge in [-0.2, -0.15) is 0 Å². The molecule has 6 nitrogen and oxygen atoms in total. The normalized spacial score (nSPS) is 14.6. The molecular formula is C9H11N3O3S2. The van der Waals surface area contributed by atoms with E-state index in [-0.39, 0.29) is 18.2 Å². The number of nitrogens with one attached hydrogen (secondary N) is 1. The average Bonchev–Trinajstić information content (AvgIpc) is 3.02. The number of hydrogen-bond donors (Lipinski definition) is 2. The third-order valence-electron chi connectivity index (χ3n) is 2.13. The molecule has 2 N–H and O–H groups in total. The third-order valence-corrected chi connectivity index (χ3v) is 4.10. The molecule has 1 aliphatic carbocycles. The number of carboxylic acid groups (broad SMARTS) is 1. The molecule has 0 spiro atoms. The zero-order valence-electron chi connectivity index (χ0n) is 8.88. The number of anilines is 1. The number of nitrogens with zero attached hydrogens (tertiary/aromatic N) is 2. The van der Waals surface area contributed by atoms with Gasteiger partial charge >= 0.3 is 5.97 Å². The second kappa shape index (κ2) is 5.46. The Labute approximate surface area is 106 Å². The predicted octanol–water partition coefficient (Wildman–Crippen LogP) is 1.45. The molecule has 17 heavy (non-hydrogen) atoms. The van der Waals surface area contributed by atoms with Crippen LogP contribution >= 0.6 is 23.1 Å². The van der Waals surface area contributed by atoms with Crippen LogP contribution in [0.4, 0.5) is 5.13 Å². The molecule has 92 valence electrons. The van der Waals surface area contributed by atoms with Crippen LogP contribution in [0, 0.1) is 5.92 Å². The molecule has 1 fully saturated rings. The van der Waals surface area contributed by atoms with Gasteiger partial charge in [0.1, 0.15) is 0 Å². The molecule has 0 aromatic carbocycles. The van der Waals surface area contributed by atoms with Gasteiger partial charge in [0.05, 0.1) is 6.42 Å². The van der Waals surface area contributed by atoms with E-state index in [0.717, 1.165) is 12.8 Å². The van der Waals surface area contributed by atoms with Crippen molar-refractivity contribution in [3.63, 3.8) is 0 Å². The first-order valence-corrected chi connectivity index (χ1v) is 6.94. The van der Waals surface area contributed by atoms with Crippen LogP contribution in [0.2, 0.25) is 0 Å². The fraction of sp³-hybridized carbons (Fsp3) is 0.556. The van der Waals surface area contributed by atoms with E-state index in [9.17, 15) is 9.59 Å². The van der Waals surface area contributed by atoms with Gasteiger partial charge in [0.2, 0.25) is 11.0 Å². The van der Waals surface area contributed by atoms with Crippen LogP contribution in [0.25, 0.3) is 0 Å². The summed E-state index contributed by atoms with van der Waals surface area (Å²) in [7, 11) is 0. The Morgan fingerprint density at radius 2 is 2.24 bits per heavy atom. The molecule has 1 saturated carbocycles. The molecule has 1 aliphatic rings. The zero-order chi connectivity index (χ0) is 12.3. The largest absolute Gasteiger partial charge is 0.481 e. The van der Waals surface area contributed by atoms with Crippen LogP contribution in [-0.4, -0.2) is 32.9 Å². The van der Waals surface area contributed by atoms with E-state index < -0.39 is 5.97 Å². The van der Waals surface area contributed by atoms with Crippen molar-refractivity contribution in [1.82, 2.24) is 10.2 Å².